The van der Waals surface area contributed by atoms with Gasteiger partial charge >= 0.3 is 5.97 Å². The molecule has 3 N–H and O–H groups in total. The molecule has 1 rings (SSSR count). The van der Waals surface area contributed by atoms with Crippen LogP contribution >= 0.6 is 11.6 Å². The summed E-state index contributed by atoms with van der Waals surface area (Å²) < 4.78 is 32.1. The number of carbonyl (C=O) groups is 1. The topological polar surface area (TPSA) is 72.5 Å². The number of rotatable bonds is 5. The maximum Gasteiger partial charge on any atom is 0.303 e. The van der Waals surface area contributed by atoms with Gasteiger partial charge in [-0.15, -0.1) is 0 Å². The van der Waals surface area contributed by atoms with Crippen molar-refractivity contribution >= 4 is 17.6 Å². The zero-order valence-electron chi connectivity index (χ0n) is 9.54. The molecule has 0 spiro atoms. The third kappa shape index (κ3) is 3.08. The summed E-state index contributed by atoms with van der Waals surface area (Å²) >= 11 is 5.64. The molecule has 0 saturated carbocycles. The Kier molecular flexibility index (Phi) is 4.86. The minimum absolute atomic E-state index is 0.0914. The molecular weight excluding hydrogens is 268 g/mol. The van der Waals surface area contributed by atoms with Crippen LogP contribution in [-0.2, 0) is 4.79 Å². The Labute approximate surface area is 107 Å². The molecule has 7 heteroatoms. The highest BCUT2D eigenvalue weighted by atomic mass is 35.5. The molecule has 100 valence electrons. The average molecular weight is 280 g/mol. The fourth-order valence-corrected chi connectivity index (χ4v) is 1.73. The summed E-state index contributed by atoms with van der Waals surface area (Å²) in [7, 11) is 1.23. The predicted octanol–water partition coefficient (Wildman–Crippen LogP) is 2.49. The number of methoxy groups -OCH3 is 1. The molecular formula is C11H12ClF2NO3. The minimum atomic E-state index is -1.09. The molecule has 0 bridgehead atoms. The van der Waals surface area contributed by atoms with Crippen molar-refractivity contribution < 1.29 is 23.4 Å². The van der Waals surface area contributed by atoms with Crippen LogP contribution in [0.1, 0.15) is 24.4 Å². The van der Waals surface area contributed by atoms with Crippen molar-refractivity contribution in [3.05, 3.63) is 28.3 Å². The molecule has 0 heterocycles. The van der Waals surface area contributed by atoms with E-state index in [4.69, 9.17) is 27.2 Å². The van der Waals surface area contributed by atoms with E-state index in [1.54, 1.807) is 0 Å². The number of hydrogen-bond donors (Lipinski definition) is 2. The first-order chi connectivity index (χ1) is 8.38. The van der Waals surface area contributed by atoms with Crippen LogP contribution in [-0.4, -0.2) is 18.2 Å². The molecule has 0 amide bonds. The summed E-state index contributed by atoms with van der Waals surface area (Å²) in [5.74, 6) is -3.16. The van der Waals surface area contributed by atoms with Gasteiger partial charge in [-0.25, -0.2) is 8.78 Å². The van der Waals surface area contributed by atoms with Gasteiger partial charge in [0.15, 0.2) is 5.82 Å². The molecule has 18 heavy (non-hydrogen) atoms. The largest absolute Gasteiger partial charge is 0.495 e. The second-order valence-corrected chi connectivity index (χ2v) is 4.02. The van der Waals surface area contributed by atoms with Gasteiger partial charge in [-0.3, -0.25) is 4.79 Å². The number of carboxylic acid groups (broad SMARTS) is 1. The minimum Gasteiger partial charge on any atom is -0.495 e. The number of ether oxygens (including phenoxy) is 1. The normalized spacial score (nSPS) is 12.3. The van der Waals surface area contributed by atoms with Crippen molar-refractivity contribution in [3.63, 3.8) is 0 Å². The van der Waals surface area contributed by atoms with Crippen molar-refractivity contribution in [2.24, 2.45) is 5.73 Å². The lowest BCUT2D eigenvalue weighted by Crippen LogP contribution is -2.16. The van der Waals surface area contributed by atoms with E-state index in [-0.39, 0.29) is 23.6 Å². The van der Waals surface area contributed by atoms with Crippen LogP contribution in [0.4, 0.5) is 8.78 Å². The lowest BCUT2D eigenvalue weighted by atomic mass is 10.0. The second kappa shape index (κ2) is 5.97. The summed E-state index contributed by atoms with van der Waals surface area (Å²) in [6.07, 6.45) is -0.379. The number of nitrogens with two attached hydrogens (primary N) is 1. The zero-order chi connectivity index (χ0) is 13.9. The molecule has 1 aromatic rings. The Morgan fingerprint density at radius 1 is 1.61 bits per heavy atom. The van der Waals surface area contributed by atoms with E-state index in [1.807, 2.05) is 0 Å². The first kappa shape index (κ1) is 14.7. The van der Waals surface area contributed by atoms with E-state index < -0.39 is 29.2 Å². The van der Waals surface area contributed by atoms with Gasteiger partial charge in [-0.2, -0.15) is 0 Å². The maximum atomic E-state index is 13.8. The van der Waals surface area contributed by atoms with Gasteiger partial charge in [0, 0.05) is 24.1 Å². The molecule has 4 nitrogen and oxygen atoms in total. The Hall–Kier alpha value is -1.40. The van der Waals surface area contributed by atoms with Crippen molar-refractivity contribution in [3.8, 4) is 5.75 Å². The number of halogens is 3. The van der Waals surface area contributed by atoms with Crippen LogP contribution in [0.3, 0.4) is 0 Å². The van der Waals surface area contributed by atoms with Crippen molar-refractivity contribution in [2.75, 3.05) is 7.11 Å². The smallest absolute Gasteiger partial charge is 0.303 e. The van der Waals surface area contributed by atoms with E-state index in [2.05, 4.69) is 0 Å². The van der Waals surface area contributed by atoms with E-state index in [9.17, 15) is 13.6 Å². The van der Waals surface area contributed by atoms with E-state index in [0.29, 0.717) is 0 Å². The number of benzene rings is 1. The van der Waals surface area contributed by atoms with Crippen molar-refractivity contribution in [1.29, 1.82) is 0 Å². The van der Waals surface area contributed by atoms with Crippen molar-refractivity contribution in [1.82, 2.24) is 0 Å². The highest BCUT2D eigenvalue weighted by Gasteiger charge is 2.23. The summed E-state index contributed by atoms with van der Waals surface area (Å²) in [5, 5.41) is 8.12. The fourth-order valence-electron chi connectivity index (χ4n) is 1.50. The Morgan fingerprint density at radius 2 is 2.22 bits per heavy atom. The van der Waals surface area contributed by atoms with Gasteiger partial charge < -0.3 is 15.6 Å². The van der Waals surface area contributed by atoms with Gasteiger partial charge in [0.1, 0.15) is 16.6 Å². The van der Waals surface area contributed by atoms with Crippen LogP contribution < -0.4 is 10.5 Å². The van der Waals surface area contributed by atoms with Crippen LogP contribution in [0.5, 0.6) is 5.75 Å². The quantitative estimate of drug-likeness (QED) is 0.812. The molecule has 0 aliphatic carbocycles. The molecule has 0 aliphatic rings. The van der Waals surface area contributed by atoms with Gasteiger partial charge in [-0.1, -0.05) is 11.6 Å². The Balaban J connectivity index is 3.09. The highest BCUT2D eigenvalue weighted by Crippen LogP contribution is 2.34. The molecule has 0 radical (unpaired) electrons. The zero-order valence-corrected chi connectivity index (χ0v) is 10.3. The van der Waals surface area contributed by atoms with Crippen LogP contribution in [0.25, 0.3) is 0 Å². The molecule has 1 aromatic carbocycles. The van der Waals surface area contributed by atoms with E-state index in [0.717, 1.165) is 6.07 Å². The van der Waals surface area contributed by atoms with Gasteiger partial charge in [0.25, 0.3) is 0 Å². The number of aliphatic carboxylic acids is 1. The number of carboxylic acids is 1. The van der Waals surface area contributed by atoms with Crippen molar-refractivity contribution in [2.45, 2.75) is 18.9 Å². The van der Waals surface area contributed by atoms with Gasteiger partial charge in [0.2, 0.25) is 0 Å². The second-order valence-electron chi connectivity index (χ2n) is 3.64. The van der Waals surface area contributed by atoms with Crippen LogP contribution in [0.2, 0.25) is 5.02 Å². The SMILES string of the molecule is COc1cc(F)c(C(N)CCC(=O)O)c(F)c1Cl. The molecule has 1 atom stereocenters. The standard InChI is InChI=1S/C11H12ClF2NO3/c1-18-7-4-5(13)9(11(14)10(7)12)6(15)2-3-8(16)17/h4,6H,2-3,15H2,1H3,(H,16,17). The van der Waals surface area contributed by atoms with Gasteiger partial charge in [0.05, 0.1) is 7.11 Å². The van der Waals surface area contributed by atoms with E-state index in [1.165, 1.54) is 7.11 Å². The summed E-state index contributed by atoms with van der Waals surface area (Å²) in [6, 6.07) is -0.161. The average Bonchev–Trinajstić information content (AvgIpc) is 2.31. The van der Waals surface area contributed by atoms with Crippen LogP contribution in [0, 0.1) is 11.6 Å². The first-order valence-corrected chi connectivity index (χ1v) is 5.45. The van der Waals surface area contributed by atoms with E-state index >= 15 is 0 Å². The summed E-state index contributed by atoms with van der Waals surface area (Å²) in [5.41, 5.74) is 5.13. The summed E-state index contributed by atoms with van der Waals surface area (Å²) in [6.45, 7) is 0. The third-order valence-corrected chi connectivity index (χ3v) is 2.77. The molecule has 0 saturated heterocycles. The molecule has 0 fully saturated rings. The molecule has 1 unspecified atom stereocenters. The van der Waals surface area contributed by atoms with Gasteiger partial charge in [-0.05, 0) is 6.42 Å². The fraction of sp³-hybridized carbons (Fsp3) is 0.364. The first-order valence-electron chi connectivity index (χ1n) is 5.07. The summed E-state index contributed by atoms with van der Waals surface area (Å²) in [4.78, 5) is 10.4. The molecule has 0 aromatic heterocycles. The Morgan fingerprint density at radius 3 is 2.72 bits per heavy atom. The Bertz CT molecular complexity index is 468. The predicted molar refractivity (Wildman–Crippen MR) is 61.7 cm³/mol. The monoisotopic (exact) mass is 279 g/mol. The molecule has 0 aliphatic heterocycles. The lowest BCUT2D eigenvalue weighted by molar-refractivity contribution is -0.137. The number of hydrogen-bond acceptors (Lipinski definition) is 3. The van der Waals surface area contributed by atoms with Crippen LogP contribution in [0.15, 0.2) is 6.07 Å². The highest BCUT2D eigenvalue weighted by molar-refractivity contribution is 6.32. The lowest BCUT2D eigenvalue weighted by Gasteiger charge is -2.15. The third-order valence-electron chi connectivity index (χ3n) is 2.42. The maximum absolute atomic E-state index is 13.8.